The number of ketones is 1. The Morgan fingerprint density at radius 2 is 2.00 bits per heavy atom. The molecule has 0 radical (unpaired) electrons. The van der Waals surface area contributed by atoms with E-state index in [4.69, 9.17) is 5.73 Å². The number of nitrogens with one attached hydrogen (secondary N) is 2. The molecule has 1 aliphatic carbocycles. The number of hydrogen-bond donors (Lipinski definition) is 3. The fourth-order valence-electron chi connectivity index (χ4n) is 4.33. The highest BCUT2D eigenvalue weighted by Crippen LogP contribution is 2.76. The quantitative estimate of drug-likeness (QED) is 0.636. The lowest BCUT2D eigenvalue weighted by atomic mass is 9.77. The molecule has 0 aromatic heterocycles. The Balaban J connectivity index is 2.51. The van der Waals surface area contributed by atoms with Gasteiger partial charge in [0.2, 0.25) is 0 Å². The van der Waals surface area contributed by atoms with E-state index >= 15 is 0 Å². The molecule has 118 valence electrons. The van der Waals surface area contributed by atoms with Crippen molar-refractivity contribution in [3.05, 3.63) is 0 Å². The molecule has 2 rings (SSSR count). The summed E-state index contributed by atoms with van der Waals surface area (Å²) in [5.41, 5.74) is 2.24. The van der Waals surface area contributed by atoms with E-state index < -0.39 is 35.0 Å². The van der Waals surface area contributed by atoms with Crippen molar-refractivity contribution < 1.29 is 18.8 Å². The lowest BCUT2D eigenvalue weighted by molar-refractivity contribution is -0.143. The predicted molar refractivity (Wildman–Crippen MR) is 73.7 cm³/mol. The highest BCUT2D eigenvalue weighted by molar-refractivity contribution is 6.03. The Morgan fingerprint density at radius 3 is 2.43 bits per heavy atom. The third kappa shape index (κ3) is 1.70. The Labute approximate surface area is 123 Å². The van der Waals surface area contributed by atoms with Gasteiger partial charge in [0.1, 0.15) is 5.78 Å². The number of fused-ring (bicyclic) bond motifs is 1. The predicted octanol–water partition coefficient (Wildman–Crippen LogP) is -0.131. The van der Waals surface area contributed by atoms with Gasteiger partial charge in [0.25, 0.3) is 11.8 Å². The number of carbonyl (C=O) groups is 3. The molecule has 1 saturated heterocycles. The summed E-state index contributed by atoms with van der Waals surface area (Å²) < 4.78 is 12.6. The summed E-state index contributed by atoms with van der Waals surface area (Å²) >= 11 is 0. The summed E-state index contributed by atoms with van der Waals surface area (Å²) in [6, 6.07) is 0. The fourth-order valence-corrected chi connectivity index (χ4v) is 4.33. The summed E-state index contributed by atoms with van der Waals surface area (Å²) in [5, 5.41) is 5.22. The van der Waals surface area contributed by atoms with Crippen LogP contribution in [0.15, 0.2) is 0 Å². The highest BCUT2D eigenvalue weighted by Gasteiger charge is 2.87. The minimum atomic E-state index is -1.70. The molecular weight excluding hydrogens is 277 g/mol. The zero-order valence-electron chi connectivity index (χ0n) is 12.6. The number of primary amides is 1. The van der Waals surface area contributed by atoms with Gasteiger partial charge in [-0.1, -0.05) is 20.8 Å². The van der Waals surface area contributed by atoms with Crippen LogP contribution in [0.2, 0.25) is 0 Å². The zero-order chi connectivity index (χ0) is 16.1. The van der Waals surface area contributed by atoms with E-state index in [1.54, 1.807) is 0 Å². The molecule has 7 heteroatoms. The molecule has 1 heterocycles. The van der Waals surface area contributed by atoms with Crippen LogP contribution in [0.4, 0.5) is 4.39 Å². The van der Waals surface area contributed by atoms with Crippen molar-refractivity contribution in [2.24, 2.45) is 22.5 Å². The van der Waals surface area contributed by atoms with Gasteiger partial charge >= 0.3 is 0 Å². The average Bonchev–Trinajstić information content (AvgIpc) is 2.74. The van der Waals surface area contributed by atoms with E-state index in [9.17, 15) is 18.8 Å². The van der Waals surface area contributed by atoms with Gasteiger partial charge < -0.3 is 11.1 Å². The SMILES string of the molecule is CCCC(=O)C12C(CNC1(NC(=O)CF)C(N)=O)C2(C)C. The molecule has 1 saturated carbocycles. The molecule has 0 aromatic carbocycles. The van der Waals surface area contributed by atoms with Crippen molar-refractivity contribution in [2.75, 3.05) is 13.2 Å². The molecule has 6 nitrogen and oxygen atoms in total. The highest BCUT2D eigenvalue weighted by atomic mass is 19.1. The molecule has 0 spiro atoms. The van der Waals surface area contributed by atoms with Crippen LogP contribution in [0.25, 0.3) is 0 Å². The summed E-state index contributed by atoms with van der Waals surface area (Å²) in [6.07, 6.45) is 0.928. The standard InChI is InChI=1S/C14H22FN3O3/c1-4-5-9(19)13-8(12(13,2)3)7-17-14(13,11(16)21)18-10(20)6-15/h8,17H,4-7H2,1-3H3,(H2,16,21)(H,18,20). The summed E-state index contributed by atoms with van der Waals surface area (Å²) in [6.45, 7) is 4.75. The van der Waals surface area contributed by atoms with Gasteiger partial charge in [0, 0.05) is 13.0 Å². The van der Waals surface area contributed by atoms with Crippen LogP contribution in [0, 0.1) is 16.7 Å². The van der Waals surface area contributed by atoms with Crippen molar-refractivity contribution in [1.29, 1.82) is 0 Å². The second kappa shape index (κ2) is 4.76. The monoisotopic (exact) mass is 299 g/mol. The third-order valence-corrected chi connectivity index (χ3v) is 5.22. The molecule has 3 atom stereocenters. The number of Topliss-reactive ketones (excluding diaryl/α,β-unsaturated/α-hetero) is 1. The largest absolute Gasteiger partial charge is 0.366 e. The van der Waals surface area contributed by atoms with Gasteiger partial charge in [-0.15, -0.1) is 0 Å². The normalized spacial score (nSPS) is 35.9. The first kappa shape index (κ1) is 15.9. The van der Waals surface area contributed by atoms with Crippen LogP contribution >= 0.6 is 0 Å². The Kier molecular flexibility index (Phi) is 3.60. The number of piperidine rings is 1. The second-order valence-corrected chi connectivity index (χ2v) is 6.43. The minimum absolute atomic E-state index is 0.100. The van der Waals surface area contributed by atoms with Crippen LogP contribution < -0.4 is 16.4 Å². The van der Waals surface area contributed by atoms with Crippen molar-refractivity contribution in [3.8, 4) is 0 Å². The Morgan fingerprint density at radius 1 is 1.38 bits per heavy atom. The topological polar surface area (TPSA) is 101 Å². The van der Waals surface area contributed by atoms with Crippen LogP contribution in [-0.2, 0) is 14.4 Å². The lowest BCUT2D eigenvalue weighted by Gasteiger charge is -2.39. The molecular formula is C14H22FN3O3. The van der Waals surface area contributed by atoms with E-state index in [2.05, 4.69) is 10.6 Å². The maximum absolute atomic E-state index is 12.7. The number of halogens is 1. The van der Waals surface area contributed by atoms with E-state index in [1.165, 1.54) is 0 Å². The average molecular weight is 299 g/mol. The van der Waals surface area contributed by atoms with Crippen LogP contribution in [0.3, 0.4) is 0 Å². The second-order valence-electron chi connectivity index (χ2n) is 6.43. The third-order valence-electron chi connectivity index (χ3n) is 5.22. The first-order chi connectivity index (χ1) is 9.72. The zero-order valence-corrected chi connectivity index (χ0v) is 12.6. The van der Waals surface area contributed by atoms with Crippen LogP contribution in [0.1, 0.15) is 33.6 Å². The minimum Gasteiger partial charge on any atom is -0.366 e. The van der Waals surface area contributed by atoms with E-state index in [-0.39, 0.29) is 11.7 Å². The van der Waals surface area contributed by atoms with Crippen molar-refractivity contribution in [3.63, 3.8) is 0 Å². The Hall–Kier alpha value is -1.50. The van der Waals surface area contributed by atoms with E-state index in [1.807, 2.05) is 20.8 Å². The molecule has 1 aliphatic heterocycles. The maximum atomic E-state index is 12.7. The molecule has 0 aromatic rings. The Bertz CT molecular complexity index is 508. The molecule has 2 amide bonds. The first-order valence-electron chi connectivity index (χ1n) is 7.17. The molecule has 2 aliphatic rings. The number of hydrogen-bond acceptors (Lipinski definition) is 4. The molecule has 2 fully saturated rings. The number of nitrogens with two attached hydrogens (primary N) is 1. The van der Waals surface area contributed by atoms with Gasteiger partial charge in [0.15, 0.2) is 12.3 Å². The van der Waals surface area contributed by atoms with E-state index in [0.29, 0.717) is 19.4 Å². The van der Waals surface area contributed by atoms with Crippen molar-refractivity contribution in [1.82, 2.24) is 10.6 Å². The first-order valence-corrected chi connectivity index (χ1v) is 7.17. The molecule has 0 bridgehead atoms. The van der Waals surface area contributed by atoms with Crippen molar-refractivity contribution in [2.45, 2.75) is 39.3 Å². The number of alkyl halides is 1. The lowest BCUT2D eigenvalue weighted by Crippen LogP contribution is -2.72. The fraction of sp³-hybridized carbons (Fsp3) is 0.786. The summed E-state index contributed by atoms with van der Waals surface area (Å²) in [4.78, 5) is 36.3. The van der Waals surface area contributed by atoms with Gasteiger partial charge in [-0.2, -0.15) is 0 Å². The van der Waals surface area contributed by atoms with Crippen molar-refractivity contribution >= 4 is 17.6 Å². The molecule has 21 heavy (non-hydrogen) atoms. The van der Waals surface area contributed by atoms with Crippen LogP contribution in [0.5, 0.6) is 0 Å². The smallest absolute Gasteiger partial charge is 0.259 e. The summed E-state index contributed by atoms with van der Waals surface area (Å²) in [5.74, 6) is -2.01. The molecule has 3 unspecified atom stereocenters. The van der Waals surface area contributed by atoms with Crippen LogP contribution in [-0.4, -0.2) is 36.5 Å². The van der Waals surface area contributed by atoms with Gasteiger partial charge in [-0.3, -0.25) is 19.7 Å². The van der Waals surface area contributed by atoms with Gasteiger partial charge in [-0.05, 0) is 17.8 Å². The number of carbonyl (C=O) groups excluding carboxylic acids is 3. The number of rotatable bonds is 6. The van der Waals surface area contributed by atoms with Gasteiger partial charge in [0.05, 0.1) is 5.41 Å². The number of amides is 2. The summed E-state index contributed by atoms with van der Waals surface area (Å²) in [7, 11) is 0. The molecule has 4 N–H and O–H groups in total. The maximum Gasteiger partial charge on any atom is 0.259 e. The van der Waals surface area contributed by atoms with E-state index in [0.717, 1.165) is 0 Å². The van der Waals surface area contributed by atoms with Gasteiger partial charge in [-0.25, -0.2) is 4.39 Å².